The molecular formula is C30H30N2O2. The molecule has 172 valence electrons. The highest BCUT2D eigenvalue weighted by atomic mass is 16.2. The Morgan fingerprint density at radius 1 is 0.588 bits per heavy atom. The molecule has 0 aromatic heterocycles. The number of hydrogen-bond donors (Lipinski definition) is 2. The van der Waals surface area contributed by atoms with E-state index in [1.54, 1.807) is 0 Å². The quantitative estimate of drug-likeness (QED) is 0.418. The number of benzene rings is 4. The van der Waals surface area contributed by atoms with Gasteiger partial charge in [0.15, 0.2) is 0 Å². The van der Waals surface area contributed by atoms with E-state index in [0.717, 1.165) is 58.4 Å². The maximum absolute atomic E-state index is 13.0. The monoisotopic (exact) mass is 450 g/mol. The number of carbonyl (C=O) groups excluding carboxylic acids is 2. The van der Waals surface area contributed by atoms with Gasteiger partial charge in [0.25, 0.3) is 0 Å². The molecule has 1 fully saturated rings. The lowest BCUT2D eigenvalue weighted by atomic mass is 9.89. The fraction of sp³-hybridized carbons (Fsp3) is 0.267. The van der Waals surface area contributed by atoms with Gasteiger partial charge in [-0.1, -0.05) is 97.8 Å². The third-order valence-electron chi connectivity index (χ3n) is 6.92. The predicted octanol–water partition coefficient (Wildman–Crippen LogP) is 5.32. The Labute approximate surface area is 200 Å². The minimum absolute atomic E-state index is 0.0107. The van der Waals surface area contributed by atoms with Crippen LogP contribution in [-0.2, 0) is 22.4 Å². The first kappa shape index (κ1) is 22.1. The SMILES string of the molecule is O=C(Cc1cccc2ccccc12)NC1CCCCC1NC(=O)Cc1cccc2ccccc12. The van der Waals surface area contributed by atoms with E-state index in [4.69, 9.17) is 0 Å². The number of rotatable bonds is 6. The van der Waals surface area contributed by atoms with Gasteiger partial charge in [-0.2, -0.15) is 0 Å². The Hall–Kier alpha value is -3.66. The topological polar surface area (TPSA) is 58.2 Å². The zero-order chi connectivity index (χ0) is 23.3. The molecule has 1 aliphatic carbocycles. The van der Waals surface area contributed by atoms with Gasteiger partial charge < -0.3 is 10.6 Å². The summed E-state index contributed by atoms with van der Waals surface area (Å²) in [6, 6.07) is 28.4. The molecule has 4 heteroatoms. The molecule has 4 aromatic rings. The molecule has 2 amide bonds. The molecule has 4 aromatic carbocycles. The summed E-state index contributed by atoms with van der Waals surface area (Å²) in [6.07, 6.45) is 4.59. The highest BCUT2D eigenvalue weighted by Crippen LogP contribution is 2.22. The van der Waals surface area contributed by atoms with E-state index in [1.807, 2.05) is 48.5 Å². The summed E-state index contributed by atoms with van der Waals surface area (Å²) in [6.45, 7) is 0. The van der Waals surface area contributed by atoms with E-state index >= 15 is 0 Å². The van der Waals surface area contributed by atoms with Gasteiger partial charge in [0.2, 0.25) is 11.8 Å². The highest BCUT2D eigenvalue weighted by molar-refractivity contribution is 5.91. The van der Waals surface area contributed by atoms with Crippen molar-refractivity contribution in [3.05, 3.63) is 96.1 Å². The molecule has 0 aliphatic heterocycles. The van der Waals surface area contributed by atoms with E-state index in [-0.39, 0.29) is 23.9 Å². The first-order chi connectivity index (χ1) is 16.7. The Bertz CT molecular complexity index is 1220. The molecule has 0 saturated heterocycles. The second kappa shape index (κ2) is 10.1. The van der Waals surface area contributed by atoms with Crippen LogP contribution in [0.3, 0.4) is 0 Å². The maximum atomic E-state index is 13.0. The molecule has 2 N–H and O–H groups in total. The van der Waals surface area contributed by atoms with Gasteiger partial charge in [-0.25, -0.2) is 0 Å². The summed E-state index contributed by atoms with van der Waals surface area (Å²) in [4.78, 5) is 25.9. The van der Waals surface area contributed by atoms with Gasteiger partial charge in [0.1, 0.15) is 0 Å². The number of amides is 2. The first-order valence-corrected chi connectivity index (χ1v) is 12.2. The third kappa shape index (κ3) is 4.96. The first-order valence-electron chi connectivity index (χ1n) is 12.2. The van der Waals surface area contributed by atoms with Crippen molar-refractivity contribution in [2.45, 2.75) is 50.6 Å². The highest BCUT2D eigenvalue weighted by Gasteiger charge is 2.28. The zero-order valence-electron chi connectivity index (χ0n) is 19.3. The summed E-state index contributed by atoms with van der Waals surface area (Å²) in [5.41, 5.74) is 2.06. The lowest BCUT2D eigenvalue weighted by Crippen LogP contribution is -2.53. The van der Waals surface area contributed by atoms with E-state index < -0.39 is 0 Å². The number of carbonyl (C=O) groups is 2. The normalized spacial score (nSPS) is 18.0. The van der Waals surface area contributed by atoms with E-state index in [9.17, 15) is 9.59 Å². The van der Waals surface area contributed by atoms with Gasteiger partial charge >= 0.3 is 0 Å². The van der Waals surface area contributed by atoms with Crippen molar-refractivity contribution in [1.82, 2.24) is 10.6 Å². The Kier molecular flexibility index (Phi) is 6.57. The standard InChI is InChI=1S/C30H30N2O2/c33-29(19-23-13-7-11-21-9-1-3-15-25(21)23)31-27-17-5-6-18-28(27)32-30(34)20-24-14-8-12-22-10-2-4-16-26(22)24/h1-4,7-16,27-28H,5-6,17-20H2,(H,31,33)(H,32,34). The van der Waals surface area contributed by atoms with Crippen LogP contribution in [0.5, 0.6) is 0 Å². The molecule has 2 unspecified atom stereocenters. The van der Waals surface area contributed by atoms with Crippen LogP contribution in [0.1, 0.15) is 36.8 Å². The lowest BCUT2D eigenvalue weighted by Gasteiger charge is -2.33. The van der Waals surface area contributed by atoms with Gasteiger partial charge in [-0.15, -0.1) is 0 Å². The lowest BCUT2D eigenvalue weighted by molar-refractivity contribution is -0.124. The van der Waals surface area contributed by atoms with Gasteiger partial charge in [0, 0.05) is 12.1 Å². The Morgan fingerprint density at radius 2 is 1.00 bits per heavy atom. The van der Waals surface area contributed by atoms with Gasteiger partial charge in [-0.05, 0) is 45.5 Å². The number of nitrogens with one attached hydrogen (secondary N) is 2. The van der Waals surface area contributed by atoms with Crippen LogP contribution in [0.2, 0.25) is 0 Å². The molecule has 0 spiro atoms. The van der Waals surface area contributed by atoms with Crippen LogP contribution in [-0.4, -0.2) is 23.9 Å². The van der Waals surface area contributed by atoms with Crippen LogP contribution in [0, 0.1) is 0 Å². The fourth-order valence-corrected chi connectivity index (χ4v) is 5.23. The van der Waals surface area contributed by atoms with Crippen LogP contribution in [0.15, 0.2) is 84.9 Å². The molecule has 0 bridgehead atoms. The smallest absolute Gasteiger partial charge is 0.224 e. The van der Waals surface area contributed by atoms with Crippen molar-refractivity contribution in [3.8, 4) is 0 Å². The van der Waals surface area contributed by atoms with E-state index in [2.05, 4.69) is 47.0 Å². The van der Waals surface area contributed by atoms with Crippen molar-refractivity contribution in [1.29, 1.82) is 0 Å². The third-order valence-corrected chi connectivity index (χ3v) is 6.92. The van der Waals surface area contributed by atoms with Crippen LogP contribution in [0.25, 0.3) is 21.5 Å². The van der Waals surface area contributed by atoms with Crippen molar-refractivity contribution in [3.63, 3.8) is 0 Å². The summed E-state index contributed by atoms with van der Waals surface area (Å²) in [5.74, 6) is 0.0214. The molecule has 1 aliphatic rings. The second-order valence-corrected chi connectivity index (χ2v) is 9.26. The Morgan fingerprint density at radius 3 is 1.47 bits per heavy atom. The minimum atomic E-state index is -0.0345. The predicted molar refractivity (Wildman–Crippen MR) is 138 cm³/mol. The summed E-state index contributed by atoms with van der Waals surface area (Å²) < 4.78 is 0. The molecule has 0 radical (unpaired) electrons. The molecule has 34 heavy (non-hydrogen) atoms. The maximum Gasteiger partial charge on any atom is 0.224 e. The van der Waals surface area contributed by atoms with Gasteiger partial charge in [-0.3, -0.25) is 9.59 Å². The zero-order valence-corrected chi connectivity index (χ0v) is 19.3. The van der Waals surface area contributed by atoms with Gasteiger partial charge in [0.05, 0.1) is 12.8 Å². The average molecular weight is 451 g/mol. The van der Waals surface area contributed by atoms with Crippen molar-refractivity contribution >= 4 is 33.4 Å². The summed E-state index contributed by atoms with van der Waals surface area (Å²) >= 11 is 0. The number of hydrogen-bond acceptors (Lipinski definition) is 2. The average Bonchev–Trinajstić information content (AvgIpc) is 2.86. The largest absolute Gasteiger partial charge is 0.351 e. The van der Waals surface area contributed by atoms with Crippen LogP contribution < -0.4 is 10.6 Å². The van der Waals surface area contributed by atoms with Crippen molar-refractivity contribution in [2.24, 2.45) is 0 Å². The van der Waals surface area contributed by atoms with Crippen LogP contribution >= 0.6 is 0 Å². The summed E-state index contributed by atoms with van der Waals surface area (Å²) in [7, 11) is 0. The number of fused-ring (bicyclic) bond motifs is 2. The minimum Gasteiger partial charge on any atom is -0.351 e. The van der Waals surface area contributed by atoms with Crippen molar-refractivity contribution < 1.29 is 9.59 Å². The molecular weight excluding hydrogens is 420 g/mol. The molecule has 5 rings (SSSR count). The Balaban J connectivity index is 1.24. The van der Waals surface area contributed by atoms with Crippen molar-refractivity contribution in [2.75, 3.05) is 0 Å². The summed E-state index contributed by atoms with van der Waals surface area (Å²) in [5, 5.41) is 11.0. The molecule has 0 heterocycles. The second-order valence-electron chi connectivity index (χ2n) is 9.26. The fourth-order valence-electron chi connectivity index (χ4n) is 5.23. The van der Waals surface area contributed by atoms with Crippen LogP contribution in [0.4, 0.5) is 0 Å². The van der Waals surface area contributed by atoms with E-state index in [1.165, 1.54) is 0 Å². The molecule has 2 atom stereocenters. The molecule has 4 nitrogen and oxygen atoms in total. The molecule has 1 saturated carbocycles. The van der Waals surface area contributed by atoms with E-state index in [0.29, 0.717) is 12.8 Å².